The normalized spacial score (nSPS) is 14.6. The van der Waals surface area contributed by atoms with Crippen LogP contribution in [0.15, 0.2) is 59.6 Å². The number of sulfonamides is 1. The molecule has 0 unspecified atom stereocenters. The molecule has 2 amide bonds. The number of nitrogens with zero attached hydrogens (tertiary/aromatic N) is 2. The predicted molar refractivity (Wildman–Crippen MR) is 134 cm³/mol. The molecule has 11 heteroatoms. The molecule has 3 aromatic rings. The van der Waals surface area contributed by atoms with Crippen molar-refractivity contribution in [3.05, 3.63) is 86.6 Å². The van der Waals surface area contributed by atoms with Crippen molar-refractivity contribution in [3.63, 3.8) is 0 Å². The van der Waals surface area contributed by atoms with Gasteiger partial charge in [0.15, 0.2) is 0 Å². The summed E-state index contributed by atoms with van der Waals surface area (Å²) in [5.41, 5.74) is 4.04. The number of allylic oxidation sites excluding steroid dienone is 1. The van der Waals surface area contributed by atoms with Gasteiger partial charge in [0, 0.05) is 21.6 Å². The van der Waals surface area contributed by atoms with Gasteiger partial charge in [-0.25, -0.2) is 17.9 Å². The Morgan fingerprint density at radius 2 is 1.79 bits per heavy atom. The number of benzene rings is 2. The molecular formula is C23H21Cl3N4O3S. The van der Waals surface area contributed by atoms with E-state index in [0.29, 0.717) is 21.6 Å². The van der Waals surface area contributed by atoms with Crippen molar-refractivity contribution in [1.29, 1.82) is 0 Å². The third-order valence-electron chi connectivity index (χ3n) is 5.41. The number of carbonyl (C=O) groups excluding carboxylic acids is 1. The van der Waals surface area contributed by atoms with Crippen LogP contribution in [0.25, 0.3) is 5.57 Å². The molecule has 34 heavy (non-hydrogen) atoms. The van der Waals surface area contributed by atoms with E-state index in [1.807, 2.05) is 27.7 Å². The second-order valence-electron chi connectivity index (χ2n) is 7.76. The van der Waals surface area contributed by atoms with Gasteiger partial charge in [-0.1, -0.05) is 46.9 Å². The molecule has 0 radical (unpaired) electrons. The third-order valence-corrected chi connectivity index (χ3v) is 7.59. The van der Waals surface area contributed by atoms with Crippen LogP contribution in [-0.4, -0.2) is 30.8 Å². The SMILES string of the molecule is O=C(NC/C=C1\CCCc2cnn(Cc3ccc(Cl)cc3Cl)c21)NS(=O)(=O)c1ccc(Cl)cc1. The van der Waals surface area contributed by atoms with Crippen LogP contribution in [-0.2, 0) is 23.0 Å². The summed E-state index contributed by atoms with van der Waals surface area (Å²) in [6.45, 7) is 0.638. The summed E-state index contributed by atoms with van der Waals surface area (Å²) >= 11 is 18.1. The van der Waals surface area contributed by atoms with E-state index in [4.69, 9.17) is 34.8 Å². The number of hydrogen-bond donors (Lipinski definition) is 2. The van der Waals surface area contributed by atoms with Crippen molar-refractivity contribution in [2.45, 2.75) is 30.7 Å². The first kappa shape index (κ1) is 24.6. The molecule has 1 aliphatic carbocycles. The van der Waals surface area contributed by atoms with Gasteiger partial charge in [0.25, 0.3) is 10.0 Å². The molecule has 0 spiro atoms. The van der Waals surface area contributed by atoms with E-state index in [1.165, 1.54) is 24.3 Å². The van der Waals surface area contributed by atoms with Crippen molar-refractivity contribution in [2.75, 3.05) is 6.54 Å². The molecule has 178 valence electrons. The average molecular weight is 540 g/mol. The maximum absolute atomic E-state index is 12.4. The number of aromatic nitrogens is 2. The van der Waals surface area contributed by atoms with Crippen LogP contribution >= 0.6 is 34.8 Å². The molecule has 0 bridgehead atoms. The smallest absolute Gasteiger partial charge is 0.328 e. The van der Waals surface area contributed by atoms with Crippen molar-refractivity contribution in [1.82, 2.24) is 19.8 Å². The number of rotatable bonds is 6. The highest BCUT2D eigenvalue weighted by Gasteiger charge is 2.21. The van der Waals surface area contributed by atoms with Gasteiger partial charge in [0.2, 0.25) is 0 Å². The lowest BCUT2D eigenvalue weighted by molar-refractivity contribution is 0.247. The van der Waals surface area contributed by atoms with E-state index in [1.54, 1.807) is 12.1 Å². The molecule has 4 rings (SSSR count). The fraction of sp³-hybridized carbons (Fsp3) is 0.217. The maximum Gasteiger partial charge on any atom is 0.328 e. The Kier molecular flexibility index (Phi) is 7.52. The first-order valence-electron chi connectivity index (χ1n) is 10.5. The lowest BCUT2D eigenvalue weighted by atomic mass is 9.92. The van der Waals surface area contributed by atoms with Gasteiger partial charge >= 0.3 is 6.03 Å². The quantitative estimate of drug-likeness (QED) is 0.445. The topological polar surface area (TPSA) is 93.1 Å². The van der Waals surface area contributed by atoms with Crippen LogP contribution < -0.4 is 10.0 Å². The predicted octanol–water partition coefficient (Wildman–Crippen LogP) is 5.30. The molecule has 0 saturated carbocycles. The number of fused-ring (bicyclic) bond motifs is 1. The van der Waals surface area contributed by atoms with E-state index in [-0.39, 0.29) is 11.4 Å². The number of halogens is 3. The molecule has 2 aromatic carbocycles. The zero-order valence-electron chi connectivity index (χ0n) is 17.9. The van der Waals surface area contributed by atoms with Gasteiger partial charge in [-0.15, -0.1) is 0 Å². The van der Waals surface area contributed by atoms with Gasteiger partial charge < -0.3 is 5.32 Å². The summed E-state index contributed by atoms with van der Waals surface area (Å²) in [6.07, 6.45) is 6.43. The van der Waals surface area contributed by atoms with Gasteiger partial charge in [0.1, 0.15) is 0 Å². The van der Waals surface area contributed by atoms with E-state index in [9.17, 15) is 13.2 Å². The molecule has 0 fully saturated rings. The Labute approximate surface area is 212 Å². The summed E-state index contributed by atoms with van der Waals surface area (Å²) in [5, 5.41) is 8.65. The summed E-state index contributed by atoms with van der Waals surface area (Å²) < 4.78 is 28.6. The number of carbonyl (C=O) groups is 1. The fourth-order valence-corrected chi connectivity index (χ4v) is 5.32. The van der Waals surface area contributed by atoms with Crippen molar-refractivity contribution in [2.24, 2.45) is 0 Å². The Hall–Kier alpha value is -2.52. The van der Waals surface area contributed by atoms with E-state index >= 15 is 0 Å². The Balaban J connectivity index is 1.44. The summed E-state index contributed by atoms with van der Waals surface area (Å²) in [7, 11) is -4.00. The number of hydrogen-bond acceptors (Lipinski definition) is 4. The number of nitrogens with one attached hydrogen (secondary N) is 2. The van der Waals surface area contributed by atoms with Gasteiger partial charge in [-0.3, -0.25) is 4.68 Å². The molecule has 2 N–H and O–H groups in total. The van der Waals surface area contributed by atoms with E-state index < -0.39 is 16.1 Å². The van der Waals surface area contributed by atoms with Crippen LogP contribution in [0.3, 0.4) is 0 Å². The first-order chi connectivity index (χ1) is 16.2. The lowest BCUT2D eigenvalue weighted by Crippen LogP contribution is -2.39. The minimum absolute atomic E-state index is 0.0490. The van der Waals surface area contributed by atoms with Crippen molar-refractivity contribution < 1.29 is 13.2 Å². The fourth-order valence-electron chi connectivity index (χ4n) is 3.79. The third kappa shape index (κ3) is 5.75. The minimum Gasteiger partial charge on any atom is -0.334 e. The van der Waals surface area contributed by atoms with Gasteiger partial charge in [0.05, 0.1) is 23.3 Å². The molecule has 1 heterocycles. The molecule has 0 saturated heterocycles. The second-order valence-corrected chi connectivity index (χ2v) is 10.7. The maximum atomic E-state index is 12.4. The zero-order valence-corrected chi connectivity index (χ0v) is 21.0. The van der Waals surface area contributed by atoms with Crippen LogP contribution in [0.1, 0.15) is 29.7 Å². The van der Waals surface area contributed by atoms with Crippen LogP contribution in [0.4, 0.5) is 4.79 Å². The van der Waals surface area contributed by atoms with E-state index in [0.717, 1.165) is 41.7 Å². The van der Waals surface area contributed by atoms with E-state index in [2.05, 4.69) is 10.4 Å². The largest absolute Gasteiger partial charge is 0.334 e. The minimum atomic E-state index is -4.00. The van der Waals surface area contributed by atoms with Crippen molar-refractivity contribution in [3.8, 4) is 0 Å². The second kappa shape index (κ2) is 10.4. The van der Waals surface area contributed by atoms with Gasteiger partial charge in [-0.05, 0) is 72.4 Å². The highest BCUT2D eigenvalue weighted by molar-refractivity contribution is 7.90. The molecule has 7 nitrogen and oxygen atoms in total. The standard InChI is InChI=1S/C23H21Cl3N4O3S/c24-18-6-8-20(9-7-18)34(32,33)29-23(31)27-11-10-15-2-1-3-16-13-28-30(22(15)16)14-17-4-5-19(25)12-21(17)26/h4-10,12-13H,1-3,11,14H2,(H2,27,29,31)/b15-10+. The number of aryl methyl sites for hydroxylation is 1. The van der Waals surface area contributed by atoms with Crippen molar-refractivity contribution >= 4 is 56.4 Å². The van der Waals surface area contributed by atoms with Crippen LogP contribution in [0.5, 0.6) is 0 Å². The highest BCUT2D eigenvalue weighted by atomic mass is 35.5. The summed E-state index contributed by atoms with van der Waals surface area (Å²) in [4.78, 5) is 12.2. The average Bonchev–Trinajstić information content (AvgIpc) is 3.19. The zero-order chi connectivity index (χ0) is 24.3. The van der Waals surface area contributed by atoms with Crippen LogP contribution in [0.2, 0.25) is 15.1 Å². The first-order valence-corrected chi connectivity index (χ1v) is 13.1. The van der Waals surface area contributed by atoms with Crippen LogP contribution in [0, 0.1) is 0 Å². The Morgan fingerprint density at radius 1 is 1.06 bits per heavy atom. The molecule has 0 aliphatic heterocycles. The number of urea groups is 1. The lowest BCUT2D eigenvalue weighted by Gasteiger charge is -2.18. The highest BCUT2D eigenvalue weighted by Crippen LogP contribution is 2.31. The molecule has 1 aromatic heterocycles. The molecule has 0 atom stereocenters. The van der Waals surface area contributed by atoms with Gasteiger partial charge in [-0.2, -0.15) is 5.10 Å². The molecule has 1 aliphatic rings. The summed E-state index contributed by atoms with van der Waals surface area (Å²) in [6, 6.07) is 10.1. The number of amides is 2. The Bertz CT molecular complexity index is 1350. The Morgan fingerprint density at radius 3 is 2.53 bits per heavy atom. The summed E-state index contributed by atoms with van der Waals surface area (Å²) in [5.74, 6) is 0. The monoisotopic (exact) mass is 538 g/mol. The molecular weight excluding hydrogens is 519 g/mol.